The summed E-state index contributed by atoms with van der Waals surface area (Å²) in [6.07, 6.45) is 4.48. The Hall–Kier alpha value is -0.420. The normalized spacial score (nSPS) is 22.1. The lowest BCUT2D eigenvalue weighted by atomic mass is 10.0. The summed E-state index contributed by atoms with van der Waals surface area (Å²) in [6.45, 7) is 7.18. The third kappa shape index (κ3) is 5.48. The lowest BCUT2D eigenvalue weighted by molar-refractivity contribution is 0.0287. The molecular weight excluding hydrogens is 250 g/mol. The molecule has 2 unspecified atom stereocenters. The fourth-order valence-corrected chi connectivity index (χ4v) is 2.43. The largest absolute Gasteiger partial charge is 0.444 e. The molecule has 1 aliphatic heterocycles. The third-order valence-electron chi connectivity index (χ3n) is 3.03. The average Bonchev–Trinajstić information content (AvgIpc) is 2.72. The Morgan fingerprint density at radius 3 is 2.78 bits per heavy atom. The number of nitrogens with zero attached hydrogens (tertiary/aromatic N) is 1. The number of ether oxygens (including phenoxy) is 1. The molecule has 0 spiro atoms. The van der Waals surface area contributed by atoms with E-state index in [1.165, 1.54) is 11.8 Å². The van der Waals surface area contributed by atoms with Gasteiger partial charge in [0.05, 0.1) is 5.44 Å². The molecule has 0 bridgehead atoms. The van der Waals surface area contributed by atoms with E-state index in [9.17, 15) is 9.90 Å². The molecule has 1 amide bonds. The van der Waals surface area contributed by atoms with Crippen molar-refractivity contribution in [1.82, 2.24) is 4.90 Å². The van der Waals surface area contributed by atoms with E-state index in [-0.39, 0.29) is 11.5 Å². The van der Waals surface area contributed by atoms with Gasteiger partial charge in [-0.05, 0) is 52.2 Å². The van der Waals surface area contributed by atoms with Crippen LogP contribution < -0.4 is 0 Å². The van der Waals surface area contributed by atoms with Crippen LogP contribution in [0.4, 0.5) is 4.79 Å². The van der Waals surface area contributed by atoms with Gasteiger partial charge in [-0.3, -0.25) is 0 Å². The first kappa shape index (κ1) is 15.6. The minimum Gasteiger partial charge on any atom is -0.444 e. The number of thioether (sulfide) groups is 1. The summed E-state index contributed by atoms with van der Waals surface area (Å²) in [6, 6.07) is 0. The number of carbonyl (C=O) groups excluding carboxylic acids is 1. The second kappa shape index (κ2) is 6.66. The lowest BCUT2D eigenvalue weighted by Crippen LogP contribution is -2.35. The summed E-state index contributed by atoms with van der Waals surface area (Å²) < 4.78 is 5.35. The summed E-state index contributed by atoms with van der Waals surface area (Å²) in [5, 5.41) is 9.50. The molecule has 1 rings (SSSR count). The van der Waals surface area contributed by atoms with E-state index in [4.69, 9.17) is 4.74 Å². The predicted molar refractivity (Wildman–Crippen MR) is 74.7 cm³/mol. The maximum absolute atomic E-state index is 11.9. The van der Waals surface area contributed by atoms with Crippen molar-refractivity contribution in [3.05, 3.63) is 0 Å². The van der Waals surface area contributed by atoms with E-state index >= 15 is 0 Å². The minimum atomic E-state index is -0.426. The molecule has 1 fully saturated rings. The third-order valence-corrected chi connectivity index (χ3v) is 3.81. The SMILES string of the molecule is CSC(O)CCC1CCN(C(=O)OC(C)(C)C)C1. The highest BCUT2D eigenvalue weighted by molar-refractivity contribution is 7.99. The molecule has 0 radical (unpaired) electrons. The van der Waals surface area contributed by atoms with Gasteiger partial charge in [-0.25, -0.2) is 4.79 Å². The van der Waals surface area contributed by atoms with Crippen LogP contribution in [0.15, 0.2) is 0 Å². The number of rotatable bonds is 4. The Balaban J connectivity index is 2.30. The molecule has 2 atom stereocenters. The Labute approximate surface area is 114 Å². The molecule has 1 heterocycles. The highest BCUT2D eigenvalue weighted by atomic mass is 32.2. The standard InChI is InChI=1S/C13H25NO3S/c1-13(2,3)17-12(16)14-8-7-10(9-14)5-6-11(15)18-4/h10-11,15H,5-9H2,1-4H3. The number of aliphatic hydroxyl groups is 1. The first-order valence-corrected chi connectivity index (χ1v) is 7.79. The van der Waals surface area contributed by atoms with Crippen LogP contribution in [0, 0.1) is 5.92 Å². The Kier molecular flexibility index (Phi) is 5.79. The molecule has 4 nitrogen and oxygen atoms in total. The molecule has 0 aromatic heterocycles. The zero-order chi connectivity index (χ0) is 13.8. The summed E-state index contributed by atoms with van der Waals surface area (Å²) in [5.41, 5.74) is -0.704. The van der Waals surface area contributed by atoms with Gasteiger partial charge in [-0.15, -0.1) is 11.8 Å². The van der Waals surface area contributed by atoms with Crippen molar-refractivity contribution in [3.63, 3.8) is 0 Å². The quantitative estimate of drug-likeness (QED) is 0.801. The molecule has 0 saturated carbocycles. The molecule has 1 aliphatic rings. The predicted octanol–water partition coefficient (Wildman–Crippen LogP) is 2.71. The van der Waals surface area contributed by atoms with Gasteiger partial charge in [-0.2, -0.15) is 0 Å². The Bertz CT molecular complexity index is 278. The smallest absolute Gasteiger partial charge is 0.410 e. The molecule has 1 saturated heterocycles. The number of hydrogen-bond donors (Lipinski definition) is 1. The maximum atomic E-state index is 11.9. The van der Waals surface area contributed by atoms with Gasteiger partial charge in [-0.1, -0.05) is 0 Å². The minimum absolute atomic E-state index is 0.213. The fraction of sp³-hybridized carbons (Fsp3) is 0.923. The van der Waals surface area contributed by atoms with Crippen molar-refractivity contribution in [3.8, 4) is 0 Å². The maximum Gasteiger partial charge on any atom is 0.410 e. The summed E-state index contributed by atoms with van der Waals surface area (Å²) >= 11 is 1.47. The highest BCUT2D eigenvalue weighted by Gasteiger charge is 2.29. The molecule has 0 aromatic carbocycles. The van der Waals surface area contributed by atoms with Crippen LogP contribution in [0.2, 0.25) is 0 Å². The number of carbonyl (C=O) groups is 1. The van der Waals surface area contributed by atoms with Crippen molar-refractivity contribution in [2.75, 3.05) is 19.3 Å². The summed E-state index contributed by atoms with van der Waals surface area (Å²) in [7, 11) is 0. The van der Waals surface area contributed by atoms with Gasteiger partial charge in [0, 0.05) is 13.1 Å². The topological polar surface area (TPSA) is 49.8 Å². The highest BCUT2D eigenvalue weighted by Crippen LogP contribution is 2.24. The molecule has 0 aromatic rings. The summed E-state index contributed by atoms with van der Waals surface area (Å²) in [5.74, 6) is 0.499. The van der Waals surface area contributed by atoms with Gasteiger partial charge in [0.25, 0.3) is 0 Å². The van der Waals surface area contributed by atoms with Gasteiger partial charge in [0.15, 0.2) is 0 Å². The Morgan fingerprint density at radius 1 is 1.56 bits per heavy atom. The molecule has 106 valence electrons. The summed E-state index contributed by atoms with van der Waals surface area (Å²) in [4.78, 5) is 13.6. The second-order valence-corrected chi connectivity index (χ2v) is 6.86. The van der Waals surface area contributed by atoms with Crippen molar-refractivity contribution in [2.24, 2.45) is 5.92 Å². The van der Waals surface area contributed by atoms with Crippen LogP contribution in [-0.2, 0) is 4.74 Å². The first-order valence-electron chi connectivity index (χ1n) is 6.50. The molecule has 5 heteroatoms. The molecular formula is C13H25NO3S. The fourth-order valence-electron chi connectivity index (χ4n) is 2.06. The van der Waals surface area contributed by atoms with E-state index in [1.54, 1.807) is 4.90 Å². The lowest BCUT2D eigenvalue weighted by Gasteiger charge is -2.24. The van der Waals surface area contributed by atoms with E-state index < -0.39 is 5.60 Å². The van der Waals surface area contributed by atoms with Gasteiger partial charge < -0.3 is 14.7 Å². The van der Waals surface area contributed by atoms with Crippen LogP contribution in [0.25, 0.3) is 0 Å². The number of aliphatic hydroxyl groups excluding tert-OH is 1. The van der Waals surface area contributed by atoms with E-state index in [0.29, 0.717) is 5.92 Å². The van der Waals surface area contributed by atoms with Crippen molar-refractivity contribution >= 4 is 17.9 Å². The molecule has 0 aliphatic carbocycles. The molecule has 18 heavy (non-hydrogen) atoms. The zero-order valence-electron chi connectivity index (χ0n) is 11.8. The van der Waals surface area contributed by atoms with Crippen LogP contribution in [0.3, 0.4) is 0 Å². The van der Waals surface area contributed by atoms with E-state index in [1.807, 2.05) is 27.0 Å². The van der Waals surface area contributed by atoms with Crippen molar-refractivity contribution in [1.29, 1.82) is 0 Å². The number of likely N-dealkylation sites (tertiary alicyclic amines) is 1. The van der Waals surface area contributed by atoms with Crippen LogP contribution in [0.5, 0.6) is 0 Å². The van der Waals surface area contributed by atoms with Gasteiger partial charge in [0.2, 0.25) is 0 Å². The number of hydrogen-bond acceptors (Lipinski definition) is 4. The average molecular weight is 275 g/mol. The number of amides is 1. The van der Waals surface area contributed by atoms with Crippen LogP contribution in [-0.4, -0.2) is 46.5 Å². The van der Waals surface area contributed by atoms with Gasteiger partial charge >= 0.3 is 6.09 Å². The van der Waals surface area contributed by atoms with Crippen molar-refractivity contribution < 1.29 is 14.6 Å². The monoisotopic (exact) mass is 275 g/mol. The van der Waals surface area contributed by atoms with E-state index in [2.05, 4.69) is 0 Å². The Morgan fingerprint density at radius 2 is 2.22 bits per heavy atom. The van der Waals surface area contributed by atoms with Crippen molar-refractivity contribution in [2.45, 2.75) is 51.1 Å². The van der Waals surface area contributed by atoms with E-state index in [0.717, 1.165) is 32.4 Å². The first-order chi connectivity index (χ1) is 8.31. The molecule has 1 N–H and O–H groups in total. The van der Waals surface area contributed by atoms with Crippen LogP contribution >= 0.6 is 11.8 Å². The van der Waals surface area contributed by atoms with Gasteiger partial charge in [0.1, 0.15) is 5.60 Å². The second-order valence-electron chi connectivity index (χ2n) is 5.85. The zero-order valence-corrected chi connectivity index (χ0v) is 12.6. The van der Waals surface area contributed by atoms with Crippen LogP contribution in [0.1, 0.15) is 40.0 Å².